The van der Waals surface area contributed by atoms with Gasteiger partial charge in [0.2, 0.25) is 0 Å². The van der Waals surface area contributed by atoms with Crippen LogP contribution in [0.4, 0.5) is 10.2 Å². The number of fused-ring (bicyclic) bond motifs is 1. The maximum absolute atomic E-state index is 13.7. The Morgan fingerprint density at radius 2 is 1.85 bits per heavy atom. The number of benzene rings is 2. The zero-order valence-corrected chi connectivity index (χ0v) is 11.3. The number of nitrogens with zero attached hydrogens (tertiary/aromatic N) is 2. The summed E-state index contributed by atoms with van der Waals surface area (Å²) in [5.74, 6) is 1.02. The molecule has 4 heteroatoms. The minimum atomic E-state index is -0.245. The molecule has 1 N–H and O–H groups in total. The first kappa shape index (κ1) is 12.5. The van der Waals surface area contributed by atoms with Crippen molar-refractivity contribution >= 4 is 16.7 Å². The Balaban J connectivity index is 2.23. The van der Waals surface area contributed by atoms with Gasteiger partial charge in [-0.3, -0.25) is 0 Å². The van der Waals surface area contributed by atoms with E-state index in [2.05, 4.69) is 15.3 Å². The highest BCUT2D eigenvalue weighted by molar-refractivity contribution is 5.90. The lowest BCUT2D eigenvalue weighted by molar-refractivity contribution is 0.619. The van der Waals surface area contributed by atoms with Crippen LogP contribution in [0.25, 0.3) is 22.3 Å². The lowest BCUT2D eigenvalue weighted by Gasteiger charge is -2.08. The predicted molar refractivity (Wildman–Crippen MR) is 79.2 cm³/mol. The van der Waals surface area contributed by atoms with E-state index >= 15 is 0 Å². The molecule has 1 aromatic heterocycles. The number of anilines is 1. The van der Waals surface area contributed by atoms with Crippen molar-refractivity contribution in [3.05, 3.63) is 53.8 Å². The summed E-state index contributed by atoms with van der Waals surface area (Å²) in [6.45, 7) is 1.74. The number of nitrogens with one attached hydrogen (secondary N) is 1. The first-order valence-corrected chi connectivity index (χ1v) is 6.40. The van der Waals surface area contributed by atoms with Gasteiger partial charge < -0.3 is 5.32 Å². The zero-order chi connectivity index (χ0) is 14.1. The minimum absolute atomic E-state index is 0.245. The van der Waals surface area contributed by atoms with Crippen LogP contribution in [-0.2, 0) is 0 Å². The normalized spacial score (nSPS) is 10.8. The Bertz CT molecular complexity index is 784. The van der Waals surface area contributed by atoms with Crippen molar-refractivity contribution in [2.45, 2.75) is 6.92 Å². The van der Waals surface area contributed by atoms with Gasteiger partial charge in [-0.25, -0.2) is 14.4 Å². The molecule has 0 aliphatic carbocycles. The Kier molecular flexibility index (Phi) is 3.06. The molecule has 0 radical (unpaired) electrons. The van der Waals surface area contributed by atoms with Gasteiger partial charge in [0.1, 0.15) is 11.6 Å². The molecule has 0 spiro atoms. The molecule has 0 fully saturated rings. The van der Waals surface area contributed by atoms with Gasteiger partial charge in [0.15, 0.2) is 5.82 Å². The van der Waals surface area contributed by atoms with Gasteiger partial charge in [0, 0.05) is 18.0 Å². The molecule has 3 rings (SSSR count). The highest BCUT2D eigenvalue weighted by Crippen LogP contribution is 2.25. The average molecular weight is 267 g/mol. The highest BCUT2D eigenvalue weighted by atomic mass is 19.1. The Morgan fingerprint density at radius 3 is 2.60 bits per heavy atom. The van der Waals surface area contributed by atoms with Crippen molar-refractivity contribution in [2.75, 3.05) is 12.4 Å². The standard InChI is InChI=1S/C16H14FN3/c1-10-7-8-11(9-13(10)17)15-19-14-6-4-3-5-12(14)16(18-2)20-15/h3-9H,1-2H3,(H,18,19,20). The van der Waals surface area contributed by atoms with Gasteiger partial charge in [-0.1, -0.05) is 24.3 Å². The van der Waals surface area contributed by atoms with Crippen molar-refractivity contribution in [1.29, 1.82) is 0 Å². The largest absolute Gasteiger partial charge is 0.373 e. The van der Waals surface area contributed by atoms with Crippen LogP contribution >= 0.6 is 0 Å². The monoisotopic (exact) mass is 267 g/mol. The molecule has 3 nitrogen and oxygen atoms in total. The molecule has 1 heterocycles. The average Bonchev–Trinajstić information content (AvgIpc) is 2.49. The Labute approximate surface area is 116 Å². The second-order valence-electron chi connectivity index (χ2n) is 4.63. The number of hydrogen-bond donors (Lipinski definition) is 1. The molecule has 3 aromatic rings. The third-order valence-electron chi connectivity index (χ3n) is 3.27. The van der Waals surface area contributed by atoms with E-state index in [9.17, 15) is 4.39 Å². The third kappa shape index (κ3) is 2.09. The van der Waals surface area contributed by atoms with Gasteiger partial charge in [0.25, 0.3) is 0 Å². The van der Waals surface area contributed by atoms with Crippen LogP contribution < -0.4 is 5.32 Å². The van der Waals surface area contributed by atoms with E-state index in [1.54, 1.807) is 13.0 Å². The fourth-order valence-electron chi connectivity index (χ4n) is 2.13. The molecule has 0 saturated carbocycles. The van der Waals surface area contributed by atoms with E-state index in [-0.39, 0.29) is 5.82 Å². The summed E-state index contributed by atoms with van der Waals surface area (Å²) in [6.07, 6.45) is 0. The molecule has 0 atom stereocenters. The van der Waals surface area contributed by atoms with E-state index in [0.29, 0.717) is 17.0 Å². The molecule has 100 valence electrons. The summed E-state index contributed by atoms with van der Waals surface area (Å²) in [7, 11) is 1.81. The maximum Gasteiger partial charge on any atom is 0.162 e. The van der Waals surface area contributed by atoms with Crippen molar-refractivity contribution < 1.29 is 4.39 Å². The number of halogens is 1. The van der Waals surface area contributed by atoms with Crippen LogP contribution in [0.2, 0.25) is 0 Å². The van der Waals surface area contributed by atoms with Crippen LogP contribution in [-0.4, -0.2) is 17.0 Å². The topological polar surface area (TPSA) is 37.8 Å². The first-order valence-electron chi connectivity index (χ1n) is 6.40. The van der Waals surface area contributed by atoms with Crippen molar-refractivity contribution in [3.63, 3.8) is 0 Å². The summed E-state index contributed by atoms with van der Waals surface area (Å²) >= 11 is 0. The summed E-state index contributed by atoms with van der Waals surface area (Å²) in [5.41, 5.74) is 2.13. The summed E-state index contributed by atoms with van der Waals surface area (Å²) in [5, 5.41) is 4.01. The van der Waals surface area contributed by atoms with Gasteiger partial charge in [-0.2, -0.15) is 0 Å². The van der Waals surface area contributed by atoms with E-state index in [1.807, 2.05) is 37.4 Å². The quantitative estimate of drug-likeness (QED) is 0.767. The molecular weight excluding hydrogens is 253 g/mol. The van der Waals surface area contributed by atoms with E-state index < -0.39 is 0 Å². The van der Waals surface area contributed by atoms with Crippen molar-refractivity contribution in [2.24, 2.45) is 0 Å². The van der Waals surface area contributed by atoms with Gasteiger partial charge in [-0.05, 0) is 30.7 Å². The van der Waals surface area contributed by atoms with Gasteiger partial charge >= 0.3 is 0 Å². The number of hydrogen-bond acceptors (Lipinski definition) is 3. The van der Waals surface area contributed by atoms with Gasteiger partial charge in [0.05, 0.1) is 5.52 Å². The third-order valence-corrected chi connectivity index (χ3v) is 3.27. The zero-order valence-electron chi connectivity index (χ0n) is 11.3. The Hall–Kier alpha value is -2.49. The first-order chi connectivity index (χ1) is 9.69. The molecule has 0 unspecified atom stereocenters. The van der Waals surface area contributed by atoms with Crippen LogP contribution in [0.15, 0.2) is 42.5 Å². The molecule has 20 heavy (non-hydrogen) atoms. The molecule has 2 aromatic carbocycles. The van der Waals surface area contributed by atoms with Crippen LogP contribution in [0.1, 0.15) is 5.56 Å². The fraction of sp³-hybridized carbons (Fsp3) is 0.125. The lowest BCUT2D eigenvalue weighted by atomic mass is 10.1. The second-order valence-corrected chi connectivity index (χ2v) is 4.63. The molecule has 0 aliphatic rings. The number of aromatic nitrogens is 2. The summed E-state index contributed by atoms with van der Waals surface area (Å²) < 4.78 is 13.7. The molecule has 0 aliphatic heterocycles. The van der Waals surface area contributed by atoms with E-state index in [1.165, 1.54) is 6.07 Å². The second kappa shape index (κ2) is 4.89. The number of para-hydroxylation sites is 1. The summed E-state index contributed by atoms with van der Waals surface area (Å²) in [4.78, 5) is 8.98. The van der Waals surface area contributed by atoms with Crippen molar-refractivity contribution in [3.8, 4) is 11.4 Å². The smallest absolute Gasteiger partial charge is 0.162 e. The fourth-order valence-corrected chi connectivity index (χ4v) is 2.13. The van der Waals surface area contributed by atoms with Crippen molar-refractivity contribution in [1.82, 2.24) is 9.97 Å². The van der Waals surface area contributed by atoms with Crippen LogP contribution in [0.3, 0.4) is 0 Å². The van der Waals surface area contributed by atoms with Crippen LogP contribution in [0, 0.1) is 12.7 Å². The molecule has 0 bridgehead atoms. The minimum Gasteiger partial charge on any atom is -0.373 e. The number of rotatable bonds is 2. The Morgan fingerprint density at radius 1 is 1.05 bits per heavy atom. The molecule has 0 amide bonds. The van der Waals surface area contributed by atoms with Gasteiger partial charge in [-0.15, -0.1) is 0 Å². The van der Waals surface area contributed by atoms with Crippen LogP contribution in [0.5, 0.6) is 0 Å². The van der Waals surface area contributed by atoms with E-state index in [0.717, 1.165) is 16.7 Å². The van der Waals surface area contributed by atoms with E-state index in [4.69, 9.17) is 0 Å². The molecule has 0 saturated heterocycles. The predicted octanol–water partition coefficient (Wildman–Crippen LogP) is 3.79. The summed E-state index contributed by atoms with van der Waals surface area (Å²) in [6, 6.07) is 12.8. The lowest BCUT2D eigenvalue weighted by Crippen LogP contribution is -1.99. The SMILES string of the molecule is CNc1nc(-c2ccc(C)c(F)c2)nc2ccccc12. The maximum atomic E-state index is 13.7. The molecular formula is C16H14FN3. The number of aryl methyl sites for hydroxylation is 1. The highest BCUT2D eigenvalue weighted by Gasteiger charge is 2.09.